The highest BCUT2D eigenvalue weighted by Gasteiger charge is 2.26. The zero-order valence-electron chi connectivity index (χ0n) is 13.5. The van der Waals surface area contributed by atoms with E-state index in [9.17, 15) is 0 Å². The highest BCUT2D eigenvalue weighted by atomic mass is 32.1. The van der Waals surface area contributed by atoms with Crippen LogP contribution in [0, 0.1) is 6.92 Å². The topological polar surface area (TPSA) is 43.4 Å². The van der Waals surface area contributed by atoms with Crippen LogP contribution in [0.5, 0.6) is 5.75 Å². The maximum Gasteiger partial charge on any atom is 0.143 e. The first-order chi connectivity index (χ1) is 10.5. The molecule has 0 aliphatic carbocycles. The SMILES string of the molecule is COCCc1nc(-c2ccc3c(c2)NCC(C)(C)O3)c(C)s1. The molecule has 1 aliphatic rings. The van der Waals surface area contributed by atoms with Crippen molar-refractivity contribution in [3.8, 4) is 17.0 Å². The molecule has 0 spiro atoms. The highest BCUT2D eigenvalue weighted by Crippen LogP contribution is 2.37. The second kappa shape index (κ2) is 5.89. The first kappa shape index (κ1) is 15.3. The molecule has 0 saturated carbocycles. The van der Waals surface area contributed by atoms with E-state index in [-0.39, 0.29) is 5.60 Å². The molecule has 0 atom stereocenters. The van der Waals surface area contributed by atoms with E-state index in [2.05, 4.69) is 38.2 Å². The number of hydrogen-bond donors (Lipinski definition) is 1. The summed E-state index contributed by atoms with van der Waals surface area (Å²) < 4.78 is 11.1. The van der Waals surface area contributed by atoms with E-state index < -0.39 is 0 Å². The molecular weight excluding hydrogens is 296 g/mol. The Hall–Kier alpha value is -1.59. The molecule has 2 aromatic rings. The van der Waals surface area contributed by atoms with Crippen LogP contribution >= 0.6 is 11.3 Å². The Morgan fingerprint density at radius 2 is 2.23 bits per heavy atom. The lowest BCUT2D eigenvalue weighted by atomic mass is 10.0. The number of aryl methyl sites for hydroxylation is 1. The van der Waals surface area contributed by atoms with Crippen LogP contribution in [0.4, 0.5) is 5.69 Å². The van der Waals surface area contributed by atoms with Gasteiger partial charge in [0.15, 0.2) is 0 Å². The van der Waals surface area contributed by atoms with Gasteiger partial charge in [-0.1, -0.05) is 0 Å². The first-order valence-corrected chi connectivity index (χ1v) is 8.33. The van der Waals surface area contributed by atoms with E-state index in [1.54, 1.807) is 18.4 Å². The van der Waals surface area contributed by atoms with Gasteiger partial charge >= 0.3 is 0 Å². The van der Waals surface area contributed by atoms with Gasteiger partial charge in [0.05, 0.1) is 29.5 Å². The summed E-state index contributed by atoms with van der Waals surface area (Å²) in [5, 5.41) is 4.58. The van der Waals surface area contributed by atoms with Crippen molar-refractivity contribution < 1.29 is 9.47 Å². The Morgan fingerprint density at radius 1 is 1.41 bits per heavy atom. The molecule has 0 radical (unpaired) electrons. The molecule has 1 N–H and O–H groups in total. The molecule has 0 bridgehead atoms. The molecule has 118 valence electrons. The Morgan fingerprint density at radius 3 is 3.00 bits per heavy atom. The second-order valence-electron chi connectivity index (χ2n) is 6.18. The maximum absolute atomic E-state index is 6.00. The van der Waals surface area contributed by atoms with Gasteiger partial charge in [-0.3, -0.25) is 0 Å². The molecule has 0 unspecified atom stereocenters. The summed E-state index contributed by atoms with van der Waals surface area (Å²) in [5.41, 5.74) is 3.07. The predicted octanol–water partition coefficient (Wildman–Crippen LogP) is 3.89. The number of fused-ring (bicyclic) bond motifs is 1. The Labute approximate surface area is 135 Å². The van der Waals surface area contributed by atoms with E-state index in [0.29, 0.717) is 6.61 Å². The minimum atomic E-state index is -0.168. The fraction of sp³-hybridized carbons (Fsp3) is 0.471. The van der Waals surface area contributed by atoms with Crippen LogP contribution in [0.25, 0.3) is 11.3 Å². The van der Waals surface area contributed by atoms with E-state index in [1.165, 1.54) is 4.88 Å². The monoisotopic (exact) mass is 318 g/mol. The molecule has 0 amide bonds. The number of ether oxygens (including phenoxy) is 2. The van der Waals surface area contributed by atoms with Crippen molar-refractivity contribution in [2.45, 2.75) is 32.8 Å². The molecule has 1 aliphatic heterocycles. The standard InChI is InChI=1S/C17H22N2O2S/c1-11-16(19-15(22-11)7-8-20-4)12-5-6-14-13(9-12)18-10-17(2,3)21-14/h5-6,9,18H,7-8,10H2,1-4H3. The molecule has 4 nitrogen and oxygen atoms in total. The lowest BCUT2D eigenvalue weighted by molar-refractivity contribution is 0.116. The number of benzene rings is 1. The summed E-state index contributed by atoms with van der Waals surface area (Å²) in [6.45, 7) is 7.81. The lowest BCUT2D eigenvalue weighted by Crippen LogP contribution is -2.39. The van der Waals surface area contributed by atoms with E-state index in [4.69, 9.17) is 14.5 Å². The number of aromatic nitrogens is 1. The molecule has 2 heterocycles. The van der Waals surface area contributed by atoms with E-state index in [0.717, 1.165) is 40.7 Å². The van der Waals surface area contributed by atoms with Crippen LogP contribution in [0.2, 0.25) is 0 Å². The summed E-state index contributed by atoms with van der Waals surface area (Å²) >= 11 is 1.74. The zero-order valence-corrected chi connectivity index (χ0v) is 14.3. The number of hydrogen-bond acceptors (Lipinski definition) is 5. The first-order valence-electron chi connectivity index (χ1n) is 7.51. The molecule has 5 heteroatoms. The number of methoxy groups -OCH3 is 1. The average molecular weight is 318 g/mol. The maximum atomic E-state index is 6.00. The fourth-order valence-electron chi connectivity index (χ4n) is 2.56. The smallest absolute Gasteiger partial charge is 0.143 e. The van der Waals surface area contributed by atoms with Gasteiger partial charge in [0.25, 0.3) is 0 Å². The molecule has 3 rings (SSSR count). The number of anilines is 1. The van der Waals surface area contributed by atoms with Gasteiger partial charge < -0.3 is 14.8 Å². The lowest BCUT2D eigenvalue weighted by Gasteiger charge is -2.33. The van der Waals surface area contributed by atoms with Gasteiger partial charge in [-0.05, 0) is 39.0 Å². The molecule has 22 heavy (non-hydrogen) atoms. The van der Waals surface area contributed by atoms with Gasteiger partial charge in [0, 0.05) is 24.0 Å². The third-order valence-corrected chi connectivity index (χ3v) is 4.74. The van der Waals surface area contributed by atoms with E-state index in [1.807, 2.05) is 6.07 Å². The summed E-state index contributed by atoms with van der Waals surface area (Å²) in [6, 6.07) is 6.25. The van der Waals surface area contributed by atoms with Crippen molar-refractivity contribution >= 4 is 17.0 Å². The van der Waals surface area contributed by atoms with Crippen LogP contribution in [0.1, 0.15) is 23.7 Å². The molecule has 1 aromatic carbocycles. The minimum Gasteiger partial charge on any atom is -0.484 e. The molecular formula is C17H22N2O2S. The highest BCUT2D eigenvalue weighted by molar-refractivity contribution is 7.12. The summed E-state index contributed by atoms with van der Waals surface area (Å²) in [6.07, 6.45) is 0.864. The third-order valence-electron chi connectivity index (χ3n) is 3.70. The van der Waals surface area contributed by atoms with Crippen molar-refractivity contribution in [2.75, 3.05) is 25.6 Å². The largest absolute Gasteiger partial charge is 0.484 e. The molecule has 1 aromatic heterocycles. The predicted molar refractivity (Wildman–Crippen MR) is 91.1 cm³/mol. The van der Waals surface area contributed by atoms with Gasteiger partial charge in [0.2, 0.25) is 0 Å². The summed E-state index contributed by atoms with van der Waals surface area (Å²) in [5.74, 6) is 0.910. The number of nitrogens with one attached hydrogen (secondary N) is 1. The zero-order chi connectivity index (χ0) is 15.7. The summed E-state index contributed by atoms with van der Waals surface area (Å²) in [4.78, 5) is 6.00. The second-order valence-corrected chi connectivity index (χ2v) is 7.47. The Balaban J connectivity index is 1.89. The third kappa shape index (κ3) is 3.10. The van der Waals surface area contributed by atoms with Crippen LogP contribution in [-0.2, 0) is 11.2 Å². The minimum absolute atomic E-state index is 0.168. The number of thiazole rings is 1. The van der Waals surface area contributed by atoms with Crippen molar-refractivity contribution in [1.29, 1.82) is 0 Å². The average Bonchev–Trinajstić information content (AvgIpc) is 2.85. The number of nitrogens with zero attached hydrogens (tertiary/aromatic N) is 1. The number of rotatable bonds is 4. The van der Waals surface area contributed by atoms with Crippen molar-refractivity contribution in [3.05, 3.63) is 28.1 Å². The van der Waals surface area contributed by atoms with E-state index >= 15 is 0 Å². The molecule has 0 saturated heterocycles. The van der Waals surface area contributed by atoms with Crippen LogP contribution in [0.3, 0.4) is 0 Å². The summed E-state index contributed by atoms with van der Waals surface area (Å²) in [7, 11) is 1.72. The van der Waals surface area contributed by atoms with Gasteiger partial charge in [-0.2, -0.15) is 0 Å². The Kier molecular flexibility index (Phi) is 4.10. The van der Waals surface area contributed by atoms with Gasteiger partial charge in [-0.15, -0.1) is 11.3 Å². The quantitative estimate of drug-likeness (QED) is 0.929. The van der Waals surface area contributed by atoms with Crippen molar-refractivity contribution in [2.24, 2.45) is 0 Å². The van der Waals surface area contributed by atoms with Gasteiger partial charge in [0.1, 0.15) is 11.4 Å². The van der Waals surface area contributed by atoms with Crippen LogP contribution in [0.15, 0.2) is 18.2 Å². The fourth-order valence-corrected chi connectivity index (χ4v) is 3.50. The molecule has 0 fully saturated rings. The van der Waals surface area contributed by atoms with Crippen LogP contribution in [-0.4, -0.2) is 30.8 Å². The van der Waals surface area contributed by atoms with Crippen molar-refractivity contribution in [3.63, 3.8) is 0 Å². The van der Waals surface area contributed by atoms with Crippen molar-refractivity contribution in [1.82, 2.24) is 4.98 Å². The normalized spacial score (nSPS) is 15.8. The van der Waals surface area contributed by atoms with Gasteiger partial charge in [-0.25, -0.2) is 4.98 Å². The van der Waals surface area contributed by atoms with Crippen LogP contribution < -0.4 is 10.1 Å². The Bertz CT molecular complexity index is 679.